The summed E-state index contributed by atoms with van der Waals surface area (Å²) in [7, 11) is 0. The summed E-state index contributed by atoms with van der Waals surface area (Å²) in [6.45, 7) is 4.32. The minimum absolute atomic E-state index is 1.07. The summed E-state index contributed by atoms with van der Waals surface area (Å²) in [6, 6.07) is 0. The zero-order valence-electron chi connectivity index (χ0n) is 7.25. The number of thiazole rings is 1. The van der Waals surface area contributed by atoms with Gasteiger partial charge in [-0.05, 0) is 19.5 Å². The van der Waals surface area contributed by atoms with Crippen LogP contribution in [0.5, 0.6) is 0 Å². The Bertz CT molecular complexity index is 187. The van der Waals surface area contributed by atoms with Crippen LogP contribution in [-0.2, 0) is 0 Å². The number of rotatable bonds is 6. The molecule has 1 heterocycles. The van der Waals surface area contributed by atoms with Gasteiger partial charge in [-0.15, -0.1) is 11.3 Å². The molecule has 4 heteroatoms. The van der Waals surface area contributed by atoms with E-state index in [2.05, 4.69) is 17.2 Å². The van der Waals surface area contributed by atoms with Crippen molar-refractivity contribution >= 4 is 23.1 Å². The highest BCUT2D eigenvalue weighted by Crippen LogP contribution is 2.20. The van der Waals surface area contributed by atoms with Crippen LogP contribution in [0.3, 0.4) is 0 Å². The van der Waals surface area contributed by atoms with Crippen LogP contribution in [0.4, 0.5) is 0 Å². The molecule has 0 amide bonds. The van der Waals surface area contributed by atoms with Crippen molar-refractivity contribution in [1.29, 1.82) is 0 Å². The summed E-state index contributed by atoms with van der Waals surface area (Å²) in [5.41, 5.74) is 0. The van der Waals surface area contributed by atoms with E-state index in [1.54, 1.807) is 11.3 Å². The molecule has 0 saturated heterocycles. The summed E-state index contributed by atoms with van der Waals surface area (Å²) in [6.07, 6.45) is 3.08. The van der Waals surface area contributed by atoms with Crippen molar-refractivity contribution in [3.05, 3.63) is 11.6 Å². The lowest BCUT2D eigenvalue weighted by molar-refractivity contribution is 0.707. The Morgan fingerprint density at radius 1 is 1.67 bits per heavy atom. The molecule has 1 aromatic rings. The molecule has 1 rings (SSSR count). The zero-order valence-corrected chi connectivity index (χ0v) is 8.88. The van der Waals surface area contributed by atoms with Crippen LogP contribution in [0.25, 0.3) is 0 Å². The van der Waals surface area contributed by atoms with Crippen molar-refractivity contribution in [1.82, 2.24) is 10.3 Å². The standard InChI is InChI=1S/C8H14N2S2/c1-2-9-4-3-6-11-8-10-5-7-12-8/h5,7,9H,2-4,6H2,1H3. The SMILES string of the molecule is CCNCCCSc1nccs1. The van der Waals surface area contributed by atoms with E-state index in [-0.39, 0.29) is 0 Å². The van der Waals surface area contributed by atoms with Crippen LogP contribution in [0.2, 0.25) is 0 Å². The van der Waals surface area contributed by atoms with E-state index in [9.17, 15) is 0 Å². The Hall–Kier alpha value is -0.0600. The van der Waals surface area contributed by atoms with E-state index < -0.39 is 0 Å². The molecular weight excluding hydrogens is 188 g/mol. The largest absolute Gasteiger partial charge is 0.317 e. The molecule has 0 bridgehead atoms. The van der Waals surface area contributed by atoms with Crippen molar-refractivity contribution in [2.45, 2.75) is 17.7 Å². The van der Waals surface area contributed by atoms with E-state index in [1.165, 1.54) is 16.5 Å². The van der Waals surface area contributed by atoms with Gasteiger partial charge in [0, 0.05) is 17.3 Å². The Labute approximate surface area is 81.8 Å². The van der Waals surface area contributed by atoms with Crippen LogP contribution in [0, 0.1) is 0 Å². The Kier molecular flexibility index (Phi) is 5.39. The summed E-state index contributed by atoms with van der Waals surface area (Å²) < 4.78 is 1.19. The normalized spacial score (nSPS) is 10.4. The smallest absolute Gasteiger partial charge is 0.149 e. The first-order valence-corrected chi connectivity index (χ1v) is 6.03. The highest BCUT2D eigenvalue weighted by Gasteiger charge is 1.94. The second-order valence-electron chi connectivity index (χ2n) is 2.35. The average molecular weight is 202 g/mol. The molecule has 0 aliphatic rings. The van der Waals surface area contributed by atoms with Gasteiger partial charge in [-0.25, -0.2) is 4.98 Å². The number of nitrogens with zero attached hydrogens (tertiary/aromatic N) is 1. The first-order chi connectivity index (χ1) is 5.93. The summed E-state index contributed by atoms with van der Waals surface area (Å²) >= 11 is 3.56. The maximum absolute atomic E-state index is 4.20. The number of thioether (sulfide) groups is 1. The van der Waals surface area contributed by atoms with Crippen molar-refractivity contribution in [2.75, 3.05) is 18.8 Å². The van der Waals surface area contributed by atoms with Gasteiger partial charge in [0.05, 0.1) is 0 Å². The molecule has 1 N–H and O–H groups in total. The number of hydrogen-bond donors (Lipinski definition) is 1. The van der Waals surface area contributed by atoms with Crippen LogP contribution in [0.1, 0.15) is 13.3 Å². The quantitative estimate of drug-likeness (QED) is 0.565. The first-order valence-electron chi connectivity index (χ1n) is 4.16. The van der Waals surface area contributed by atoms with Gasteiger partial charge >= 0.3 is 0 Å². The molecule has 0 atom stereocenters. The Morgan fingerprint density at radius 3 is 3.25 bits per heavy atom. The fourth-order valence-electron chi connectivity index (χ4n) is 0.815. The van der Waals surface area contributed by atoms with Crippen LogP contribution < -0.4 is 5.32 Å². The fourth-order valence-corrected chi connectivity index (χ4v) is 2.46. The van der Waals surface area contributed by atoms with E-state index in [0.717, 1.165) is 13.1 Å². The molecule has 0 aliphatic heterocycles. The Morgan fingerprint density at radius 2 is 2.58 bits per heavy atom. The lowest BCUT2D eigenvalue weighted by Gasteiger charge is -1.98. The third-order valence-corrected chi connectivity index (χ3v) is 3.44. The highest BCUT2D eigenvalue weighted by atomic mass is 32.2. The third kappa shape index (κ3) is 4.09. The molecule has 1 aromatic heterocycles. The van der Waals surface area contributed by atoms with E-state index in [4.69, 9.17) is 0 Å². The topological polar surface area (TPSA) is 24.9 Å². The number of nitrogens with one attached hydrogen (secondary N) is 1. The minimum atomic E-state index is 1.07. The molecular formula is C8H14N2S2. The van der Waals surface area contributed by atoms with Crippen LogP contribution in [-0.4, -0.2) is 23.8 Å². The molecule has 0 radical (unpaired) electrons. The molecule has 2 nitrogen and oxygen atoms in total. The summed E-state index contributed by atoms with van der Waals surface area (Å²) in [5, 5.41) is 5.32. The molecule has 0 saturated carbocycles. The van der Waals surface area contributed by atoms with E-state index in [0.29, 0.717) is 0 Å². The van der Waals surface area contributed by atoms with Crippen molar-refractivity contribution in [3.8, 4) is 0 Å². The molecule has 0 spiro atoms. The highest BCUT2D eigenvalue weighted by molar-refractivity contribution is 8.00. The first kappa shape index (κ1) is 10.0. The third-order valence-electron chi connectivity index (χ3n) is 1.38. The second-order valence-corrected chi connectivity index (χ2v) is 4.59. The van der Waals surface area contributed by atoms with E-state index in [1.807, 2.05) is 23.3 Å². The van der Waals surface area contributed by atoms with Gasteiger partial charge in [0.1, 0.15) is 4.34 Å². The van der Waals surface area contributed by atoms with Gasteiger partial charge in [0.2, 0.25) is 0 Å². The molecule has 0 aromatic carbocycles. The maximum Gasteiger partial charge on any atom is 0.149 e. The molecule has 12 heavy (non-hydrogen) atoms. The average Bonchev–Trinajstić information content (AvgIpc) is 2.57. The van der Waals surface area contributed by atoms with Crippen LogP contribution in [0.15, 0.2) is 15.9 Å². The van der Waals surface area contributed by atoms with Gasteiger partial charge in [-0.2, -0.15) is 0 Å². The molecule has 0 fully saturated rings. The predicted molar refractivity (Wildman–Crippen MR) is 56.0 cm³/mol. The van der Waals surface area contributed by atoms with Gasteiger partial charge in [-0.3, -0.25) is 0 Å². The zero-order chi connectivity index (χ0) is 8.65. The van der Waals surface area contributed by atoms with E-state index >= 15 is 0 Å². The molecule has 0 unspecified atom stereocenters. The van der Waals surface area contributed by atoms with Crippen molar-refractivity contribution in [2.24, 2.45) is 0 Å². The summed E-state index contributed by atoms with van der Waals surface area (Å²) in [4.78, 5) is 4.20. The Balaban J connectivity index is 1.96. The summed E-state index contributed by atoms with van der Waals surface area (Å²) in [5.74, 6) is 1.17. The second kappa shape index (κ2) is 6.46. The van der Waals surface area contributed by atoms with Gasteiger partial charge in [0.15, 0.2) is 0 Å². The lowest BCUT2D eigenvalue weighted by atomic mass is 10.5. The maximum atomic E-state index is 4.20. The van der Waals surface area contributed by atoms with Crippen molar-refractivity contribution in [3.63, 3.8) is 0 Å². The predicted octanol–water partition coefficient (Wildman–Crippen LogP) is 2.23. The molecule has 68 valence electrons. The lowest BCUT2D eigenvalue weighted by Crippen LogP contribution is -2.14. The molecule has 0 aliphatic carbocycles. The van der Waals surface area contributed by atoms with Crippen LogP contribution >= 0.6 is 23.1 Å². The van der Waals surface area contributed by atoms with Gasteiger partial charge < -0.3 is 5.32 Å². The minimum Gasteiger partial charge on any atom is -0.317 e. The fraction of sp³-hybridized carbons (Fsp3) is 0.625. The number of aromatic nitrogens is 1. The number of hydrogen-bond acceptors (Lipinski definition) is 4. The van der Waals surface area contributed by atoms with Crippen molar-refractivity contribution < 1.29 is 0 Å². The van der Waals surface area contributed by atoms with Gasteiger partial charge in [0.25, 0.3) is 0 Å². The monoisotopic (exact) mass is 202 g/mol. The van der Waals surface area contributed by atoms with Gasteiger partial charge in [-0.1, -0.05) is 18.7 Å².